The summed E-state index contributed by atoms with van der Waals surface area (Å²) in [6.45, 7) is 8.26. The van der Waals surface area contributed by atoms with Gasteiger partial charge in [0.15, 0.2) is 0 Å². The molecule has 0 radical (unpaired) electrons. The third-order valence-electron chi connectivity index (χ3n) is 9.45. The van der Waals surface area contributed by atoms with E-state index in [1.165, 1.54) is 219 Å². The normalized spacial score (nSPS) is 13.2. The van der Waals surface area contributed by atoms with Crippen molar-refractivity contribution < 1.29 is 0 Å². The maximum atomic E-state index is 2.54. The Morgan fingerprint density at radius 1 is 0.293 bits per heavy atom. The number of nitrogens with zero attached hydrogens (tertiary/aromatic N) is 2. The molecule has 0 fully saturated rings. The van der Waals surface area contributed by atoms with Crippen LogP contribution < -0.4 is 0 Å². The fourth-order valence-electron chi connectivity index (χ4n) is 6.53. The monoisotopic (exact) mass is 575 g/mol. The lowest BCUT2D eigenvalue weighted by Crippen LogP contribution is -2.26. The summed E-state index contributed by atoms with van der Waals surface area (Å²) >= 11 is 0. The lowest BCUT2D eigenvalue weighted by Gasteiger charge is -2.21. The Labute approximate surface area is 260 Å². The van der Waals surface area contributed by atoms with Crippen LogP contribution in [0, 0.1) is 0 Å². The number of hydrogen-bond donors (Lipinski definition) is 0. The van der Waals surface area contributed by atoms with Gasteiger partial charge in [-0.3, -0.25) is 0 Å². The Balaban J connectivity index is 1.73. The van der Waals surface area contributed by atoms with E-state index in [2.05, 4.69) is 36.0 Å². The minimum Gasteiger partial charge on any atom is -0.359 e. The molecule has 1 rings (SSSR count). The van der Waals surface area contributed by atoms with Crippen molar-refractivity contribution in [3.63, 3.8) is 0 Å². The molecule has 2 heteroatoms. The standard InChI is InChI=1S/C39H78N2/c1-3-5-7-9-11-13-15-17-19-20-22-24-26-28-30-32-34-36-41-38-37-40(39-41)35-33-31-29-27-25-23-21-18-16-14-12-10-8-6-4-2/h37-38H,3-36,39H2,1-2H3. The number of hydrogen-bond acceptors (Lipinski definition) is 2. The summed E-state index contributed by atoms with van der Waals surface area (Å²) in [4.78, 5) is 5.08. The van der Waals surface area contributed by atoms with Crippen molar-refractivity contribution in [1.82, 2.24) is 9.80 Å². The van der Waals surface area contributed by atoms with Crippen LogP contribution in [0.2, 0.25) is 0 Å². The van der Waals surface area contributed by atoms with Crippen LogP contribution in [0.5, 0.6) is 0 Å². The Morgan fingerprint density at radius 3 is 0.707 bits per heavy atom. The predicted molar refractivity (Wildman–Crippen MR) is 187 cm³/mol. The molecule has 1 aliphatic heterocycles. The van der Waals surface area contributed by atoms with Crippen molar-refractivity contribution in [2.24, 2.45) is 0 Å². The molecule has 1 aliphatic rings. The number of unbranched alkanes of at least 4 members (excludes halogenated alkanes) is 30. The van der Waals surface area contributed by atoms with Crippen molar-refractivity contribution in [2.75, 3.05) is 19.8 Å². The highest BCUT2D eigenvalue weighted by molar-refractivity contribution is 4.90. The van der Waals surface area contributed by atoms with Gasteiger partial charge >= 0.3 is 0 Å². The van der Waals surface area contributed by atoms with Crippen molar-refractivity contribution >= 4 is 0 Å². The SMILES string of the molecule is CCCCCCCCCCCCCCCCCCCN1C=CN(CCCCCCCCCCCCCCCCC)C1. The van der Waals surface area contributed by atoms with E-state index < -0.39 is 0 Å². The molecule has 0 atom stereocenters. The minimum absolute atomic E-state index is 1.14. The minimum atomic E-state index is 1.14. The van der Waals surface area contributed by atoms with Gasteiger partial charge in [0.05, 0.1) is 6.67 Å². The first-order valence-corrected chi connectivity index (χ1v) is 19.5. The van der Waals surface area contributed by atoms with Crippen LogP contribution in [-0.2, 0) is 0 Å². The van der Waals surface area contributed by atoms with Crippen LogP contribution in [0.15, 0.2) is 12.4 Å². The Hall–Kier alpha value is -0.660. The molecule has 0 saturated carbocycles. The first kappa shape index (κ1) is 38.4. The van der Waals surface area contributed by atoms with Gasteiger partial charge in [0.1, 0.15) is 0 Å². The summed E-state index contributed by atoms with van der Waals surface area (Å²) in [6.07, 6.45) is 51.2. The first-order chi connectivity index (χ1) is 20.4. The van der Waals surface area contributed by atoms with Gasteiger partial charge in [0.2, 0.25) is 0 Å². The molecule has 0 aliphatic carbocycles. The summed E-state index contributed by atoms with van der Waals surface area (Å²) in [7, 11) is 0. The van der Waals surface area contributed by atoms with E-state index in [9.17, 15) is 0 Å². The third-order valence-corrected chi connectivity index (χ3v) is 9.45. The topological polar surface area (TPSA) is 6.48 Å². The molecule has 0 spiro atoms. The molecule has 1 heterocycles. The molecular weight excluding hydrogens is 496 g/mol. The molecule has 0 aromatic rings. The van der Waals surface area contributed by atoms with E-state index in [1.807, 2.05) is 0 Å². The number of rotatable bonds is 34. The molecule has 0 unspecified atom stereocenters. The zero-order valence-corrected chi connectivity index (χ0v) is 28.8. The highest BCUT2D eigenvalue weighted by atomic mass is 15.3. The van der Waals surface area contributed by atoms with Crippen LogP contribution in [0.3, 0.4) is 0 Å². The molecular formula is C39H78N2. The van der Waals surface area contributed by atoms with Crippen LogP contribution >= 0.6 is 0 Å². The third kappa shape index (κ3) is 27.9. The van der Waals surface area contributed by atoms with Crippen molar-refractivity contribution in [2.45, 2.75) is 219 Å². The average molecular weight is 575 g/mol. The van der Waals surface area contributed by atoms with Gasteiger partial charge in [-0.15, -0.1) is 0 Å². The second kappa shape index (κ2) is 32.3. The van der Waals surface area contributed by atoms with E-state index in [0.29, 0.717) is 0 Å². The van der Waals surface area contributed by atoms with Crippen LogP contribution in [-0.4, -0.2) is 29.6 Å². The summed E-state index contributed by atoms with van der Waals surface area (Å²) in [5, 5.41) is 0. The second-order valence-corrected chi connectivity index (χ2v) is 13.7. The van der Waals surface area contributed by atoms with Gasteiger partial charge < -0.3 is 9.80 Å². The molecule has 41 heavy (non-hydrogen) atoms. The molecule has 0 N–H and O–H groups in total. The van der Waals surface area contributed by atoms with Gasteiger partial charge in [0, 0.05) is 25.5 Å². The maximum absolute atomic E-state index is 2.54. The molecule has 2 nitrogen and oxygen atoms in total. The lowest BCUT2D eigenvalue weighted by molar-refractivity contribution is 0.257. The predicted octanol–water partition coefficient (Wildman–Crippen LogP) is 13.6. The smallest absolute Gasteiger partial charge is 0.0893 e. The average Bonchev–Trinajstić information content (AvgIpc) is 3.44. The summed E-state index contributed by atoms with van der Waals surface area (Å²) in [5.41, 5.74) is 0. The van der Waals surface area contributed by atoms with Crippen molar-refractivity contribution in [3.8, 4) is 0 Å². The summed E-state index contributed by atoms with van der Waals surface area (Å²) < 4.78 is 0. The van der Waals surface area contributed by atoms with Crippen LogP contribution in [0.4, 0.5) is 0 Å². The van der Waals surface area contributed by atoms with E-state index in [1.54, 1.807) is 0 Å². The van der Waals surface area contributed by atoms with Crippen LogP contribution in [0.25, 0.3) is 0 Å². The quantitative estimate of drug-likeness (QED) is 0.0705. The molecule has 0 aromatic heterocycles. The molecule has 0 bridgehead atoms. The molecule has 0 saturated heterocycles. The molecule has 244 valence electrons. The van der Waals surface area contributed by atoms with E-state index in [4.69, 9.17) is 0 Å². The van der Waals surface area contributed by atoms with Gasteiger partial charge in [0.25, 0.3) is 0 Å². The molecule has 0 amide bonds. The fraction of sp³-hybridized carbons (Fsp3) is 0.949. The first-order valence-electron chi connectivity index (χ1n) is 19.5. The fourth-order valence-corrected chi connectivity index (χ4v) is 6.53. The lowest BCUT2D eigenvalue weighted by atomic mass is 10.0. The zero-order valence-electron chi connectivity index (χ0n) is 28.8. The van der Waals surface area contributed by atoms with Crippen molar-refractivity contribution in [3.05, 3.63) is 12.4 Å². The van der Waals surface area contributed by atoms with E-state index in [0.717, 1.165) is 6.67 Å². The van der Waals surface area contributed by atoms with E-state index in [-0.39, 0.29) is 0 Å². The Morgan fingerprint density at radius 2 is 0.488 bits per heavy atom. The van der Waals surface area contributed by atoms with Gasteiger partial charge in [-0.05, 0) is 12.8 Å². The van der Waals surface area contributed by atoms with E-state index >= 15 is 0 Å². The zero-order chi connectivity index (χ0) is 29.3. The van der Waals surface area contributed by atoms with Gasteiger partial charge in [-0.25, -0.2) is 0 Å². The van der Waals surface area contributed by atoms with Gasteiger partial charge in [-0.2, -0.15) is 0 Å². The Kier molecular flexibility index (Phi) is 30.2. The maximum Gasteiger partial charge on any atom is 0.0893 e. The van der Waals surface area contributed by atoms with Crippen LogP contribution in [0.1, 0.15) is 219 Å². The molecule has 0 aromatic carbocycles. The largest absolute Gasteiger partial charge is 0.359 e. The summed E-state index contributed by atoms with van der Waals surface area (Å²) in [5.74, 6) is 0. The van der Waals surface area contributed by atoms with Crippen molar-refractivity contribution in [1.29, 1.82) is 0 Å². The highest BCUT2D eigenvalue weighted by Crippen LogP contribution is 2.16. The highest BCUT2D eigenvalue weighted by Gasteiger charge is 2.11. The Bertz CT molecular complexity index is 516. The second-order valence-electron chi connectivity index (χ2n) is 13.7. The van der Waals surface area contributed by atoms with Gasteiger partial charge in [-0.1, -0.05) is 206 Å². The summed E-state index contributed by atoms with van der Waals surface area (Å²) in [6, 6.07) is 0.